The number of carbonyl (C=O) groups is 1. The number of hydrogen-bond donors (Lipinski definition) is 6. The molecule has 1 fully saturated rings. The molecular formula is C48H93NO8. The smallest absolute Gasteiger partial charge is 0.220 e. The topological polar surface area (TPSA) is 149 Å². The monoisotopic (exact) mass is 812 g/mol. The first-order chi connectivity index (χ1) is 27.8. The highest BCUT2D eigenvalue weighted by Crippen LogP contribution is 2.23. The van der Waals surface area contributed by atoms with Gasteiger partial charge in [-0.05, 0) is 38.5 Å². The van der Waals surface area contributed by atoms with Crippen LogP contribution in [0.4, 0.5) is 0 Å². The standard InChI is InChI=1S/C48H93NO8/c1-3-5-7-9-11-13-15-17-18-19-20-21-22-23-24-26-28-30-32-34-36-38-44(52)49-41(40-56-48-47(55)46(54)45(53)43(39-50)57-48)42(51)37-35-33-31-29-27-25-16-14-12-10-8-6-4-2/h21-22,41-43,45-48,50-51,53-55H,3-20,23-40H2,1-2H3,(H,49,52)/b22-21-. The Kier molecular flexibility index (Phi) is 37.0. The molecule has 0 aliphatic carbocycles. The summed E-state index contributed by atoms with van der Waals surface area (Å²) in [5.41, 5.74) is 0. The van der Waals surface area contributed by atoms with Gasteiger partial charge in [0.25, 0.3) is 0 Å². The maximum absolute atomic E-state index is 13.0. The van der Waals surface area contributed by atoms with Crippen molar-refractivity contribution in [3.05, 3.63) is 12.2 Å². The Morgan fingerprint density at radius 1 is 0.579 bits per heavy atom. The molecule has 1 aliphatic rings. The Morgan fingerprint density at radius 3 is 1.42 bits per heavy atom. The second-order valence-corrected chi connectivity index (χ2v) is 17.3. The third-order valence-electron chi connectivity index (χ3n) is 11.9. The summed E-state index contributed by atoms with van der Waals surface area (Å²) in [6.45, 7) is 3.84. The molecule has 6 N–H and O–H groups in total. The summed E-state index contributed by atoms with van der Waals surface area (Å²) < 4.78 is 11.3. The predicted octanol–water partition coefficient (Wildman–Crippen LogP) is 10.5. The molecule has 0 spiro atoms. The van der Waals surface area contributed by atoms with E-state index >= 15 is 0 Å². The van der Waals surface area contributed by atoms with Crippen LogP contribution in [0.5, 0.6) is 0 Å². The minimum atomic E-state index is -1.55. The van der Waals surface area contributed by atoms with E-state index in [4.69, 9.17) is 9.47 Å². The van der Waals surface area contributed by atoms with Crippen LogP contribution in [-0.2, 0) is 14.3 Å². The molecule has 1 aliphatic heterocycles. The van der Waals surface area contributed by atoms with Crippen LogP contribution in [0, 0.1) is 0 Å². The Hall–Kier alpha value is -1.07. The summed E-state index contributed by atoms with van der Waals surface area (Å²) in [7, 11) is 0. The highest BCUT2D eigenvalue weighted by atomic mass is 16.7. The van der Waals surface area contributed by atoms with Crippen LogP contribution in [0.15, 0.2) is 12.2 Å². The Balaban J connectivity index is 2.27. The molecule has 0 saturated carbocycles. The third kappa shape index (κ3) is 29.7. The number of allylic oxidation sites excluding steroid dienone is 2. The molecular weight excluding hydrogens is 719 g/mol. The van der Waals surface area contributed by atoms with Gasteiger partial charge in [0.15, 0.2) is 6.29 Å². The number of aliphatic hydroxyl groups is 5. The van der Waals surface area contributed by atoms with Crippen molar-refractivity contribution in [1.29, 1.82) is 0 Å². The van der Waals surface area contributed by atoms with E-state index in [9.17, 15) is 30.3 Å². The van der Waals surface area contributed by atoms with Crippen molar-refractivity contribution in [2.75, 3.05) is 13.2 Å². The van der Waals surface area contributed by atoms with Crippen LogP contribution in [0.3, 0.4) is 0 Å². The van der Waals surface area contributed by atoms with E-state index in [1.54, 1.807) is 0 Å². The van der Waals surface area contributed by atoms with Gasteiger partial charge < -0.3 is 40.3 Å². The second kappa shape index (κ2) is 39.1. The van der Waals surface area contributed by atoms with Crippen LogP contribution in [0.25, 0.3) is 0 Å². The summed E-state index contributed by atoms with van der Waals surface area (Å²) in [5.74, 6) is -0.147. The fourth-order valence-electron chi connectivity index (χ4n) is 7.92. The SMILES string of the molecule is CCCCCCCCCCCC/C=C\CCCCCCCCCC(=O)NC(COC1OC(CO)C(O)C(O)C1O)C(O)CCCCCCCCCCCCCCC. The van der Waals surface area contributed by atoms with E-state index in [0.29, 0.717) is 12.8 Å². The van der Waals surface area contributed by atoms with Crippen molar-refractivity contribution in [3.8, 4) is 0 Å². The lowest BCUT2D eigenvalue weighted by Crippen LogP contribution is -2.60. The van der Waals surface area contributed by atoms with Crippen LogP contribution in [-0.4, -0.2) is 87.5 Å². The van der Waals surface area contributed by atoms with Gasteiger partial charge in [0.2, 0.25) is 5.91 Å². The highest BCUT2D eigenvalue weighted by Gasteiger charge is 2.44. The minimum Gasteiger partial charge on any atom is -0.394 e. The first-order valence-electron chi connectivity index (χ1n) is 24.4. The first kappa shape index (κ1) is 53.9. The average molecular weight is 812 g/mol. The molecule has 338 valence electrons. The van der Waals surface area contributed by atoms with Crippen LogP contribution < -0.4 is 5.32 Å². The molecule has 9 heteroatoms. The fraction of sp³-hybridized carbons (Fsp3) is 0.938. The van der Waals surface area contributed by atoms with E-state index in [2.05, 4.69) is 31.3 Å². The molecule has 0 aromatic heterocycles. The van der Waals surface area contributed by atoms with Crippen molar-refractivity contribution in [2.45, 2.75) is 275 Å². The lowest BCUT2D eigenvalue weighted by molar-refractivity contribution is -0.302. The molecule has 0 aromatic rings. The normalized spacial score (nSPS) is 21.0. The molecule has 9 nitrogen and oxygen atoms in total. The fourth-order valence-corrected chi connectivity index (χ4v) is 7.92. The number of carbonyl (C=O) groups excluding carboxylic acids is 1. The van der Waals surface area contributed by atoms with Gasteiger partial charge >= 0.3 is 0 Å². The average Bonchev–Trinajstić information content (AvgIpc) is 3.21. The molecule has 1 saturated heterocycles. The minimum absolute atomic E-state index is 0.136. The molecule has 7 unspecified atom stereocenters. The maximum Gasteiger partial charge on any atom is 0.220 e. The highest BCUT2D eigenvalue weighted by molar-refractivity contribution is 5.76. The van der Waals surface area contributed by atoms with E-state index in [0.717, 1.165) is 38.5 Å². The number of unbranched alkanes of at least 4 members (excludes halogenated alkanes) is 29. The van der Waals surface area contributed by atoms with Gasteiger partial charge in [-0.1, -0.05) is 199 Å². The Morgan fingerprint density at radius 2 is 0.982 bits per heavy atom. The van der Waals surface area contributed by atoms with Gasteiger partial charge in [-0.3, -0.25) is 4.79 Å². The molecule has 1 amide bonds. The maximum atomic E-state index is 13.0. The van der Waals surface area contributed by atoms with E-state index in [1.807, 2.05) is 0 Å². The quantitative estimate of drug-likeness (QED) is 0.0264. The number of rotatable bonds is 41. The zero-order valence-corrected chi connectivity index (χ0v) is 37.1. The summed E-state index contributed by atoms with van der Waals surface area (Å²) in [6.07, 6.45) is 37.9. The van der Waals surface area contributed by atoms with Crippen LogP contribution in [0.1, 0.15) is 232 Å². The largest absolute Gasteiger partial charge is 0.394 e. The number of ether oxygens (including phenoxy) is 2. The second-order valence-electron chi connectivity index (χ2n) is 17.3. The predicted molar refractivity (Wildman–Crippen MR) is 235 cm³/mol. The number of aliphatic hydroxyl groups excluding tert-OH is 5. The van der Waals surface area contributed by atoms with Crippen molar-refractivity contribution in [3.63, 3.8) is 0 Å². The van der Waals surface area contributed by atoms with Gasteiger partial charge in [-0.25, -0.2) is 0 Å². The van der Waals surface area contributed by atoms with Crippen LogP contribution in [0.2, 0.25) is 0 Å². The van der Waals surface area contributed by atoms with E-state index < -0.39 is 49.5 Å². The van der Waals surface area contributed by atoms with E-state index in [-0.39, 0.29) is 12.5 Å². The van der Waals surface area contributed by atoms with Gasteiger partial charge in [0.1, 0.15) is 24.4 Å². The van der Waals surface area contributed by atoms with Gasteiger partial charge in [0, 0.05) is 6.42 Å². The third-order valence-corrected chi connectivity index (χ3v) is 11.9. The number of hydrogen-bond acceptors (Lipinski definition) is 8. The molecule has 0 radical (unpaired) electrons. The molecule has 0 bridgehead atoms. The molecule has 1 rings (SSSR count). The zero-order valence-electron chi connectivity index (χ0n) is 37.1. The van der Waals surface area contributed by atoms with Crippen molar-refractivity contribution >= 4 is 5.91 Å². The molecule has 7 atom stereocenters. The lowest BCUT2D eigenvalue weighted by atomic mass is 9.99. The first-order valence-corrected chi connectivity index (χ1v) is 24.4. The Labute approximate surface area is 350 Å². The summed E-state index contributed by atoms with van der Waals surface area (Å²) in [6, 6.07) is -0.717. The van der Waals surface area contributed by atoms with Crippen molar-refractivity contribution < 1.29 is 39.8 Å². The summed E-state index contributed by atoms with van der Waals surface area (Å²) in [4.78, 5) is 13.0. The zero-order chi connectivity index (χ0) is 41.6. The summed E-state index contributed by atoms with van der Waals surface area (Å²) in [5, 5.41) is 54.4. The van der Waals surface area contributed by atoms with Crippen molar-refractivity contribution in [1.82, 2.24) is 5.32 Å². The number of amides is 1. The Bertz CT molecular complexity index is 904. The van der Waals surface area contributed by atoms with Gasteiger partial charge in [0.05, 0.1) is 25.4 Å². The molecule has 57 heavy (non-hydrogen) atoms. The van der Waals surface area contributed by atoms with E-state index in [1.165, 1.54) is 167 Å². The molecule has 1 heterocycles. The summed E-state index contributed by atoms with van der Waals surface area (Å²) >= 11 is 0. The van der Waals surface area contributed by atoms with Gasteiger partial charge in [-0.2, -0.15) is 0 Å². The molecule has 0 aromatic carbocycles. The van der Waals surface area contributed by atoms with Crippen molar-refractivity contribution in [2.24, 2.45) is 0 Å². The van der Waals surface area contributed by atoms with Crippen LogP contribution >= 0.6 is 0 Å². The van der Waals surface area contributed by atoms with Gasteiger partial charge in [-0.15, -0.1) is 0 Å². The number of nitrogens with one attached hydrogen (secondary N) is 1. The lowest BCUT2D eigenvalue weighted by Gasteiger charge is -2.40.